The quantitative estimate of drug-likeness (QED) is 0.347. The van der Waals surface area contributed by atoms with Crippen molar-refractivity contribution in [3.8, 4) is 11.1 Å². The van der Waals surface area contributed by atoms with Crippen molar-refractivity contribution in [3.05, 3.63) is 101 Å². The van der Waals surface area contributed by atoms with Crippen LogP contribution in [0.5, 0.6) is 0 Å². The maximum atomic E-state index is 12.8. The molecular formula is C23H16BrN3O. The highest BCUT2D eigenvalue weighted by Crippen LogP contribution is 2.28. The monoisotopic (exact) mass is 429 g/mol. The lowest BCUT2D eigenvalue weighted by atomic mass is 9.96. The van der Waals surface area contributed by atoms with Gasteiger partial charge in [0, 0.05) is 28.0 Å². The lowest BCUT2D eigenvalue weighted by Crippen LogP contribution is -2.18. The zero-order valence-corrected chi connectivity index (χ0v) is 16.4. The Balaban J connectivity index is 1.69. The van der Waals surface area contributed by atoms with Crippen LogP contribution in [0, 0.1) is 0 Å². The standard InChI is InChI=1S/C23H16BrN3O/c24-20-9-7-17(8-10-20)19-12-18-5-1-2-6-21(18)22(13-19)23(28)27-26-15-16-4-3-11-25-14-16/h1-15H,(H,27,28)/b26-15+. The van der Waals surface area contributed by atoms with E-state index in [0.29, 0.717) is 5.56 Å². The molecule has 0 bridgehead atoms. The fourth-order valence-electron chi connectivity index (χ4n) is 2.99. The molecule has 1 amide bonds. The van der Waals surface area contributed by atoms with Crippen LogP contribution in [-0.4, -0.2) is 17.1 Å². The van der Waals surface area contributed by atoms with E-state index in [9.17, 15) is 4.79 Å². The number of carbonyl (C=O) groups excluding carboxylic acids is 1. The molecule has 0 atom stereocenters. The summed E-state index contributed by atoms with van der Waals surface area (Å²) in [6.45, 7) is 0. The molecule has 136 valence electrons. The third-order valence-electron chi connectivity index (χ3n) is 4.35. The number of benzene rings is 3. The Morgan fingerprint density at radius 1 is 0.964 bits per heavy atom. The minimum atomic E-state index is -0.254. The summed E-state index contributed by atoms with van der Waals surface area (Å²) in [5, 5.41) is 5.96. The SMILES string of the molecule is O=C(N/N=C/c1cccnc1)c1cc(-c2ccc(Br)cc2)cc2ccccc12. The number of amides is 1. The first kappa shape index (κ1) is 18.1. The molecule has 0 saturated heterocycles. The normalized spacial score (nSPS) is 11.0. The molecule has 0 fully saturated rings. The lowest BCUT2D eigenvalue weighted by Gasteiger charge is -2.10. The van der Waals surface area contributed by atoms with E-state index in [2.05, 4.69) is 37.5 Å². The number of fused-ring (bicyclic) bond motifs is 1. The van der Waals surface area contributed by atoms with E-state index < -0.39 is 0 Å². The first-order valence-electron chi connectivity index (χ1n) is 8.73. The Bertz CT molecular complexity index is 1160. The molecular weight excluding hydrogens is 414 g/mol. The number of aromatic nitrogens is 1. The van der Waals surface area contributed by atoms with E-state index in [1.165, 1.54) is 0 Å². The summed E-state index contributed by atoms with van der Waals surface area (Å²) in [5.41, 5.74) is 6.04. The van der Waals surface area contributed by atoms with E-state index in [0.717, 1.165) is 31.9 Å². The van der Waals surface area contributed by atoms with Gasteiger partial charge in [-0.2, -0.15) is 5.10 Å². The predicted octanol–water partition coefficient (Wildman–Crippen LogP) is 5.43. The van der Waals surface area contributed by atoms with Crippen LogP contribution < -0.4 is 5.43 Å². The summed E-state index contributed by atoms with van der Waals surface area (Å²) in [6.07, 6.45) is 4.94. The predicted molar refractivity (Wildman–Crippen MR) is 116 cm³/mol. The first-order chi connectivity index (χ1) is 13.7. The van der Waals surface area contributed by atoms with Gasteiger partial charge in [0.2, 0.25) is 0 Å². The summed E-state index contributed by atoms with van der Waals surface area (Å²) in [7, 11) is 0. The molecule has 0 spiro atoms. The van der Waals surface area contributed by atoms with Gasteiger partial charge in [-0.3, -0.25) is 9.78 Å². The number of hydrazone groups is 1. The van der Waals surface area contributed by atoms with Crippen molar-refractivity contribution < 1.29 is 4.79 Å². The highest BCUT2D eigenvalue weighted by molar-refractivity contribution is 9.10. The number of nitrogens with zero attached hydrogens (tertiary/aromatic N) is 2. The lowest BCUT2D eigenvalue weighted by molar-refractivity contribution is 0.0957. The van der Waals surface area contributed by atoms with Crippen molar-refractivity contribution in [1.29, 1.82) is 0 Å². The van der Waals surface area contributed by atoms with Gasteiger partial charge >= 0.3 is 0 Å². The van der Waals surface area contributed by atoms with Crippen LogP contribution in [0.2, 0.25) is 0 Å². The second kappa shape index (κ2) is 8.15. The number of rotatable bonds is 4. The fraction of sp³-hybridized carbons (Fsp3) is 0. The van der Waals surface area contributed by atoms with Gasteiger partial charge in [0.1, 0.15) is 0 Å². The average Bonchev–Trinajstić information content (AvgIpc) is 2.74. The molecule has 4 aromatic rings. The van der Waals surface area contributed by atoms with Crippen molar-refractivity contribution in [2.45, 2.75) is 0 Å². The Labute approximate surface area is 171 Å². The molecule has 4 rings (SSSR count). The summed E-state index contributed by atoms with van der Waals surface area (Å²) in [5.74, 6) is -0.254. The Morgan fingerprint density at radius 3 is 2.57 bits per heavy atom. The first-order valence-corrected chi connectivity index (χ1v) is 9.52. The van der Waals surface area contributed by atoms with Crippen LogP contribution in [0.15, 0.2) is 94.8 Å². The molecule has 0 unspecified atom stereocenters. The van der Waals surface area contributed by atoms with Gasteiger partial charge in [0.25, 0.3) is 5.91 Å². The van der Waals surface area contributed by atoms with Crippen LogP contribution in [0.1, 0.15) is 15.9 Å². The molecule has 0 aliphatic carbocycles. The van der Waals surface area contributed by atoms with Crippen LogP contribution in [0.4, 0.5) is 0 Å². The van der Waals surface area contributed by atoms with E-state index in [1.807, 2.05) is 66.7 Å². The van der Waals surface area contributed by atoms with E-state index >= 15 is 0 Å². The average molecular weight is 430 g/mol. The molecule has 0 radical (unpaired) electrons. The number of hydrogen-bond donors (Lipinski definition) is 1. The Hall–Kier alpha value is -3.31. The van der Waals surface area contributed by atoms with Gasteiger partial charge in [0.15, 0.2) is 0 Å². The van der Waals surface area contributed by atoms with Crippen molar-refractivity contribution in [2.24, 2.45) is 5.10 Å². The molecule has 0 saturated carbocycles. The maximum Gasteiger partial charge on any atom is 0.272 e. The highest BCUT2D eigenvalue weighted by Gasteiger charge is 2.12. The molecule has 28 heavy (non-hydrogen) atoms. The topological polar surface area (TPSA) is 54.4 Å². The van der Waals surface area contributed by atoms with Gasteiger partial charge in [0.05, 0.1) is 6.21 Å². The Morgan fingerprint density at radius 2 is 1.79 bits per heavy atom. The van der Waals surface area contributed by atoms with Gasteiger partial charge in [-0.25, -0.2) is 5.43 Å². The largest absolute Gasteiger partial charge is 0.272 e. The highest BCUT2D eigenvalue weighted by atomic mass is 79.9. The molecule has 5 heteroatoms. The van der Waals surface area contributed by atoms with Crippen LogP contribution >= 0.6 is 15.9 Å². The van der Waals surface area contributed by atoms with Gasteiger partial charge in [-0.1, -0.05) is 58.4 Å². The summed E-state index contributed by atoms with van der Waals surface area (Å²) >= 11 is 3.46. The Kier molecular flexibility index (Phi) is 5.26. The number of halogens is 1. The van der Waals surface area contributed by atoms with Crippen LogP contribution in [-0.2, 0) is 0 Å². The van der Waals surface area contributed by atoms with Gasteiger partial charge < -0.3 is 0 Å². The summed E-state index contributed by atoms with van der Waals surface area (Å²) < 4.78 is 1.01. The van der Waals surface area contributed by atoms with E-state index in [4.69, 9.17) is 0 Å². The summed E-state index contributed by atoms with van der Waals surface area (Å²) in [6, 6.07) is 23.6. The second-order valence-corrected chi connectivity index (χ2v) is 7.15. The van der Waals surface area contributed by atoms with Gasteiger partial charge in [-0.15, -0.1) is 0 Å². The van der Waals surface area contributed by atoms with Crippen molar-refractivity contribution >= 4 is 38.8 Å². The van der Waals surface area contributed by atoms with Crippen molar-refractivity contribution in [1.82, 2.24) is 10.4 Å². The number of carbonyl (C=O) groups is 1. The van der Waals surface area contributed by atoms with Gasteiger partial charge in [-0.05, 0) is 52.2 Å². The molecule has 0 aliphatic heterocycles. The third-order valence-corrected chi connectivity index (χ3v) is 4.88. The van der Waals surface area contributed by atoms with Crippen molar-refractivity contribution in [3.63, 3.8) is 0 Å². The number of pyridine rings is 1. The second-order valence-electron chi connectivity index (χ2n) is 6.24. The third kappa shape index (κ3) is 4.00. The zero-order chi connectivity index (χ0) is 19.3. The zero-order valence-electron chi connectivity index (χ0n) is 14.8. The number of hydrogen-bond acceptors (Lipinski definition) is 3. The van der Waals surface area contributed by atoms with Crippen LogP contribution in [0.3, 0.4) is 0 Å². The molecule has 1 heterocycles. The molecule has 1 aromatic heterocycles. The minimum absolute atomic E-state index is 0.254. The maximum absolute atomic E-state index is 12.8. The van der Waals surface area contributed by atoms with Crippen molar-refractivity contribution in [2.75, 3.05) is 0 Å². The fourth-order valence-corrected chi connectivity index (χ4v) is 3.25. The molecule has 0 aliphatic rings. The van der Waals surface area contributed by atoms with Crippen LogP contribution in [0.25, 0.3) is 21.9 Å². The smallest absolute Gasteiger partial charge is 0.267 e. The number of nitrogens with one attached hydrogen (secondary N) is 1. The van der Waals surface area contributed by atoms with E-state index in [1.54, 1.807) is 18.6 Å². The minimum Gasteiger partial charge on any atom is -0.267 e. The molecule has 3 aromatic carbocycles. The molecule has 4 nitrogen and oxygen atoms in total. The molecule has 1 N–H and O–H groups in total. The summed E-state index contributed by atoms with van der Waals surface area (Å²) in [4.78, 5) is 16.9. The van der Waals surface area contributed by atoms with E-state index in [-0.39, 0.29) is 5.91 Å².